The highest BCUT2D eigenvalue weighted by Gasteiger charge is 2.50. The molecule has 1 saturated heterocycles. The number of aliphatic carboxylic acids is 2. The van der Waals surface area contributed by atoms with Crippen LogP contribution in [-0.2, 0) is 19.1 Å². The van der Waals surface area contributed by atoms with Crippen molar-refractivity contribution in [2.24, 2.45) is 0 Å². The molecule has 2 N–H and O–H groups in total. The van der Waals surface area contributed by atoms with Crippen LogP contribution in [0.4, 0.5) is 0 Å². The quantitative estimate of drug-likeness (QED) is 0.586. The van der Waals surface area contributed by atoms with E-state index in [1.165, 1.54) is 0 Å². The third kappa shape index (κ3) is 4.00. The summed E-state index contributed by atoms with van der Waals surface area (Å²) in [5.41, 5.74) is -2.32. The van der Waals surface area contributed by atoms with E-state index < -0.39 is 23.8 Å². The van der Waals surface area contributed by atoms with Crippen molar-refractivity contribution in [3.05, 3.63) is 30.3 Å². The van der Waals surface area contributed by atoms with E-state index in [0.29, 0.717) is 13.0 Å². The summed E-state index contributed by atoms with van der Waals surface area (Å²) in [5.74, 6) is -3.27. The van der Waals surface area contributed by atoms with Gasteiger partial charge in [0.15, 0.2) is 6.29 Å². The first-order valence-electron chi connectivity index (χ1n) is 6.98. The van der Waals surface area contributed by atoms with Gasteiger partial charge in [-0.25, -0.2) is 9.59 Å². The van der Waals surface area contributed by atoms with Gasteiger partial charge >= 0.3 is 11.9 Å². The second kappa shape index (κ2) is 7.62. The van der Waals surface area contributed by atoms with Gasteiger partial charge in [0.1, 0.15) is 0 Å². The topological polar surface area (TPSA) is 93.1 Å². The Kier molecular flexibility index (Phi) is 5.82. The Balaban J connectivity index is 2.13. The standard InChI is InChI=1S/C15H18O6S/c16-13(17)15(14(18)19,21-12-8-4-5-9-20-12)10-22-11-6-2-1-3-7-11/h1-3,6-7,12H,4-5,8-10H2,(H,16,17)(H,18,19). The molecule has 22 heavy (non-hydrogen) atoms. The largest absolute Gasteiger partial charge is 0.479 e. The molecule has 0 aliphatic carbocycles. The van der Waals surface area contributed by atoms with E-state index in [-0.39, 0.29) is 5.75 Å². The van der Waals surface area contributed by atoms with Crippen molar-refractivity contribution in [1.82, 2.24) is 0 Å². The number of rotatable bonds is 7. The van der Waals surface area contributed by atoms with Crippen LogP contribution in [0.25, 0.3) is 0 Å². The highest BCUT2D eigenvalue weighted by Crippen LogP contribution is 2.29. The zero-order chi connectivity index (χ0) is 16.0. The molecule has 1 heterocycles. The summed E-state index contributed by atoms with van der Waals surface area (Å²) in [4.78, 5) is 23.9. The Hall–Kier alpha value is -1.57. The molecule has 6 nitrogen and oxygen atoms in total. The molecule has 7 heteroatoms. The van der Waals surface area contributed by atoms with E-state index in [2.05, 4.69) is 0 Å². The Morgan fingerprint density at radius 1 is 1.23 bits per heavy atom. The van der Waals surface area contributed by atoms with Crippen LogP contribution in [-0.4, -0.2) is 46.4 Å². The lowest BCUT2D eigenvalue weighted by Gasteiger charge is -2.31. The molecule has 0 saturated carbocycles. The first kappa shape index (κ1) is 16.8. The van der Waals surface area contributed by atoms with Gasteiger partial charge in [0, 0.05) is 17.3 Å². The number of hydrogen-bond donors (Lipinski definition) is 2. The van der Waals surface area contributed by atoms with Crippen LogP contribution in [0, 0.1) is 0 Å². The lowest BCUT2D eigenvalue weighted by atomic mass is 10.1. The van der Waals surface area contributed by atoms with Gasteiger partial charge in [0.05, 0.1) is 0 Å². The number of carboxylic acid groups (broad SMARTS) is 2. The summed E-state index contributed by atoms with van der Waals surface area (Å²) in [6, 6.07) is 9.01. The third-order valence-corrected chi connectivity index (χ3v) is 4.50. The van der Waals surface area contributed by atoms with Crippen LogP contribution < -0.4 is 0 Å². The number of ether oxygens (including phenoxy) is 2. The summed E-state index contributed by atoms with van der Waals surface area (Å²) in [7, 11) is 0. The average Bonchev–Trinajstić information content (AvgIpc) is 2.53. The molecule has 0 bridgehead atoms. The number of hydrogen-bond acceptors (Lipinski definition) is 5. The van der Waals surface area contributed by atoms with Crippen LogP contribution >= 0.6 is 11.8 Å². The number of benzene rings is 1. The van der Waals surface area contributed by atoms with Crippen molar-refractivity contribution < 1.29 is 29.3 Å². The van der Waals surface area contributed by atoms with Crippen LogP contribution in [0.1, 0.15) is 19.3 Å². The predicted octanol–water partition coefficient (Wildman–Crippen LogP) is 2.23. The summed E-state index contributed by atoms with van der Waals surface area (Å²) in [6.07, 6.45) is 1.40. The van der Waals surface area contributed by atoms with Crippen molar-refractivity contribution in [3.8, 4) is 0 Å². The lowest BCUT2D eigenvalue weighted by Crippen LogP contribution is -2.54. The molecule has 0 spiro atoms. The minimum atomic E-state index is -2.32. The first-order chi connectivity index (χ1) is 10.5. The van der Waals surface area contributed by atoms with E-state index in [0.717, 1.165) is 29.5 Å². The van der Waals surface area contributed by atoms with E-state index in [9.17, 15) is 19.8 Å². The van der Waals surface area contributed by atoms with Gasteiger partial charge in [-0.3, -0.25) is 0 Å². The molecule has 1 unspecified atom stereocenters. The highest BCUT2D eigenvalue weighted by molar-refractivity contribution is 7.99. The van der Waals surface area contributed by atoms with Crippen LogP contribution in [0.3, 0.4) is 0 Å². The summed E-state index contributed by atoms with van der Waals surface area (Å²) < 4.78 is 10.7. The van der Waals surface area contributed by atoms with Gasteiger partial charge in [-0.1, -0.05) is 18.2 Å². The minimum Gasteiger partial charge on any atom is -0.479 e. The second-order valence-electron chi connectivity index (χ2n) is 4.95. The minimum absolute atomic E-state index is 0.235. The summed E-state index contributed by atoms with van der Waals surface area (Å²) in [5, 5.41) is 18.9. The number of carbonyl (C=O) groups is 2. The highest BCUT2D eigenvalue weighted by atomic mass is 32.2. The molecule has 1 aliphatic rings. The van der Waals surface area contributed by atoms with E-state index >= 15 is 0 Å². The van der Waals surface area contributed by atoms with Crippen LogP contribution in [0.15, 0.2) is 35.2 Å². The van der Waals surface area contributed by atoms with E-state index in [1.807, 2.05) is 6.07 Å². The van der Waals surface area contributed by atoms with Crippen LogP contribution in [0.5, 0.6) is 0 Å². The fourth-order valence-corrected chi connectivity index (χ4v) is 3.11. The molecule has 1 aromatic rings. The molecule has 1 aromatic carbocycles. The molecule has 0 amide bonds. The average molecular weight is 326 g/mol. The first-order valence-corrected chi connectivity index (χ1v) is 7.97. The van der Waals surface area contributed by atoms with Crippen molar-refractivity contribution in [3.63, 3.8) is 0 Å². The van der Waals surface area contributed by atoms with Crippen molar-refractivity contribution >= 4 is 23.7 Å². The number of thioether (sulfide) groups is 1. The Morgan fingerprint density at radius 3 is 2.45 bits per heavy atom. The van der Waals surface area contributed by atoms with Crippen molar-refractivity contribution in [2.45, 2.75) is 36.0 Å². The SMILES string of the molecule is O=C(O)C(CSc1ccccc1)(OC1CCCCO1)C(=O)O. The fourth-order valence-electron chi connectivity index (χ4n) is 2.08. The van der Waals surface area contributed by atoms with E-state index in [1.54, 1.807) is 24.3 Å². The van der Waals surface area contributed by atoms with Gasteiger partial charge in [0.25, 0.3) is 5.60 Å². The Bertz CT molecular complexity index is 498. The fraction of sp³-hybridized carbons (Fsp3) is 0.467. The smallest absolute Gasteiger partial charge is 0.348 e. The lowest BCUT2D eigenvalue weighted by molar-refractivity contribution is -0.231. The zero-order valence-electron chi connectivity index (χ0n) is 11.9. The maximum absolute atomic E-state index is 11.6. The van der Waals surface area contributed by atoms with Crippen molar-refractivity contribution in [2.75, 3.05) is 12.4 Å². The second-order valence-corrected chi connectivity index (χ2v) is 6.00. The van der Waals surface area contributed by atoms with Gasteiger partial charge in [-0.2, -0.15) is 0 Å². The third-order valence-electron chi connectivity index (χ3n) is 3.35. The van der Waals surface area contributed by atoms with Gasteiger partial charge in [-0.05, 0) is 31.4 Å². The Morgan fingerprint density at radius 2 is 1.91 bits per heavy atom. The molecular weight excluding hydrogens is 308 g/mol. The van der Waals surface area contributed by atoms with Gasteiger partial charge in [0.2, 0.25) is 0 Å². The predicted molar refractivity (Wildman–Crippen MR) is 79.8 cm³/mol. The Labute approximate surface area is 132 Å². The molecule has 0 radical (unpaired) electrons. The van der Waals surface area contributed by atoms with Crippen LogP contribution in [0.2, 0.25) is 0 Å². The molecular formula is C15H18O6S. The van der Waals surface area contributed by atoms with Gasteiger partial charge < -0.3 is 19.7 Å². The summed E-state index contributed by atoms with van der Waals surface area (Å²) >= 11 is 1.13. The van der Waals surface area contributed by atoms with Crippen molar-refractivity contribution in [1.29, 1.82) is 0 Å². The monoisotopic (exact) mass is 326 g/mol. The molecule has 1 fully saturated rings. The molecule has 1 atom stereocenters. The normalized spacial score (nSPS) is 18.8. The molecule has 0 aromatic heterocycles. The molecule has 120 valence electrons. The van der Waals surface area contributed by atoms with Gasteiger partial charge in [-0.15, -0.1) is 11.8 Å². The summed E-state index contributed by atoms with van der Waals surface area (Å²) in [6.45, 7) is 0.450. The van der Waals surface area contributed by atoms with E-state index in [4.69, 9.17) is 9.47 Å². The number of carboxylic acids is 2. The zero-order valence-corrected chi connectivity index (χ0v) is 12.8. The maximum Gasteiger partial charge on any atom is 0.348 e. The maximum atomic E-state index is 11.6. The molecule has 1 aliphatic heterocycles. The molecule has 2 rings (SSSR count).